The lowest BCUT2D eigenvalue weighted by Gasteiger charge is -2.29. The number of hydrogen-bond donors (Lipinski definition) is 1. The third kappa shape index (κ3) is 5.77. The van der Waals surface area contributed by atoms with E-state index >= 15 is 0 Å². The number of nitrogens with zero attached hydrogens (tertiary/aromatic N) is 4. The number of anilines is 1. The van der Waals surface area contributed by atoms with Crippen molar-refractivity contribution in [1.82, 2.24) is 19.2 Å². The summed E-state index contributed by atoms with van der Waals surface area (Å²) in [7, 11) is -2.50. The van der Waals surface area contributed by atoms with Crippen molar-refractivity contribution in [3.05, 3.63) is 35.1 Å². The summed E-state index contributed by atoms with van der Waals surface area (Å²) in [4.78, 5) is 35.4. The minimum atomic E-state index is -3.83. The maximum absolute atomic E-state index is 12.5. The minimum absolute atomic E-state index is 0.0113. The molecule has 0 spiro atoms. The van der Waals surface area contributed by atoms with Gasteiger partial charge in [-0.3, -0.25) is 9.78 Å². The molecule has 0 radical (unpaired) electrons. The summed E-state index contributed by atoms with van der Waals surface area (Å²) < 4.78 is 31.4. The van der Waals surface area contributed by atoms with Gasteiger partial charge in [-0.25, -0.2) is 18.2 Å². The van der Waals surface area contributed by atoms with Crippen LogP contribution in [0.1, 0.15) is 31.3 Å². The Morgan fingerprint density at radius 3 is 2.74 bits per heavy atom. The van der Waals surface area contributed by atoms with Crippen molar-refractivity contribution in [3.8, 4) is 0 Å². The van der Waals surface area contributed by atoms with Gasteiger partial charge in [-0.15, -0.1) is 0 Å². The molecule has 31 heavy (non-hydrogen) atoms. The van der Waals surface area contributed by atoms with Gasteiger partial charge in [0, 0.05) is 37.3 Å². The Kier molecular flexibility index (Phi) is 6.62. The highest BCUT2D eigenvalue weighted by atomic mass is 32.2. The number of carbonyl (C=O) groups is 2. The molecule has 0 unspecified atom stereocenters. The third-order valence-electron chi connectivity index (χ3n) is 4.34. The fourth-order valence-corrected chi connectivity index (χ4v) is 4.99. The number of fused-ring (bicyclic) bond motifs is 1. The van der Waals surface area contributed by atoms with Gasteiger partial charge in [-0.1, -0.05) is 11.3 Å². The molecule has 0 saturated heterocycles. The smallest absolute Gasteiger partial charge is 0.410 e. The molecular formula is C19H25N5O5S2. The zero-order chi connectivity index (χ0) is 22.8. The van der Waals surface area contributed by atoms with Crippen LogP contribution < -0.4 is 5.32 Å². The molecule has 1 aliphatic rings. The summed E-state index contributed by atoms with van der Waals surface area (Å²) in [5.74, 6) is -0.509. The standard InChI is InChI=1S/C19H25N5O5S2/c1-19(2,3)29-18(26)24-9-7-14-15(11-24)30-17(21-14)22-16(25)12-23(4)31(27,28)13-6-5-8-20-10-13/h5-6,8,10H,7,9,11-12H2,1-4H3,(H,21,22,25). The quantitative estimate of drug-likeness (QED) is 0.714. The van der Waals surface area contributed by atoms with E-state index in [1.807, 2.05) is 20.8 Å². The number of ether oxygens (including phenoxy) is 1. The molecule has 0 aromatic carbocycles. The van der Waals surface area contributed by atoms with Crippen molar-refractivity contribution >= 4 is 38.5 Å². The first kappa shape index (κ1) is 23.1. The number of carbonyl (C=O) groups excluding carboxylic acids is 2. The molecule has 0 bridgehead atoms. The van der Waals surface area contributed by atoms with Crippen LogP contribution in [0.3, 0.4) is 0 Å². The average Bonchev–Trinajstić information content (AvgIpc) is 3.08. The number of pyridine rings is 1. The lowest BCUT2D eigenvalue weighted by molar-refractivity contribution is -0.116. The average molecular weight is 468 g/mol. The topological polar surface area (TPSA) is 122 Å². The number of nitrogens with one attached hydrogen (secondary N) is 1. The zero-order valence-electron chi connectivity index (χ0n) is 17.8. The molecule has 1 aliphatic heterocycles. The van der Waals surface area contributed by atoms with E-state index in [2.05, 4.69) is 15.3 Å². The Morgan fingerprint density at radius 2 is 2.10 bits per heavy atom. The van der Waals surface area contributed by atoms with Crippen molar-refractivity contribution in [1.29, 1.82) is 0 Å². The minimum Gasteiger partial charge on any atom is -0.444 e. The molecule has 2 aromatic heterocycles. The van der Waals surface area contributed by atoms with E-state index in [1.54, 1.807) is 4.90 Å². The monoisotopic (exact) mass is 467 g/mol. The number of thiazole rings is 1. The number of likely N-dealkylation sites (N-methyl/N-ethyl adjacent to an activating group) is 1. The fourth-order valence-electron chi connectivity index (χ4n) is 2.86. The molecule has 1 N–H and O–H groups in total. The molecule has 0 fully saturated rings. The molecule has 168 valence electrons. The first-order valence-electron chi connectivity index (χ1n) is 9.58. The first-order chi connectivity index (χ1) is 14.5. The van der Waals surface area contributed by atoms with Crippen LogP contribution in [0.4, 0.5) is 9.93 Å². The highest BCUT2D eigenvalue weighted by Gasteiger charge is 2.28. The van der Waals surface area contributed by atoms with Crippen molar-refractivity contribution in [2.75, 3.05) is 25.5 Å². The van der Waals surface area contributed by atoms with Gasteiger partial charge in [0.1, 0.15) is 10.5 Å². The molecule has 0 aliphatic carbocycles. The second-order valence-electron chi connectivity index (χ2n) is 8.04. The van der Waals surface area contributed by atoms with Gasteiger partial charge in [0.05, 0.1) is 18.8 Å². The van der Waals surface area contributed by atoms with E-state index in [0.29, 0.717) is 24.6 Å². The summed E-state index contributed by atoms with van der Waals surface area (Å²) in [6.45, 7) is 5.90. The van der Waals surface area contributed by atoms with E-state index in [-0.39, 0.29) is 17.5 Å². The molecule has 2 amide bonds. The largest absolute Gasteiger partial charge is 0.444 e. The predicted octanol–water partition coefficient (Wildman–Crippen LogP) is 2.09. The van der Waals surface area contributed by atoms with Gasteiger partial charge in [-0.05, 0) is 32.9 Å². The molecule has 3 rings (SSSR count). The van der Waals surface area contributed by atoms with Crippen molar-refractivity contribution in [3.63, 3.8) is 0 Å². The number of amides is 2. The van der Waals surface area contributed by atoms with Crippen LogP contribution in [0, 0.1) is 0 Å². The summed E-state index contributed by atoms with van der Waals surface area (Å²) in [6.07, 6.45) is 2.87. The van der Waals surface area contributed by atoms with Crippen LogP contribution in [-0.2, 0) is 32.5 Å². The SMILES string of the molecule is CN(CC(=O)Nc1nc2c(s1)CN(C(=O)OC(C)(C)C)CC2)S(=O)(=O)c1cccnc1. The molecule has 2 aromatic rings. The summed E-state index contributed by atoms with van der Waals surface area (Å²) >= 11 is 1.26. The van der Waals surface area contributed by atoms with Crippen molar-refractivity contribution in [2.45, 2.75) is 44.2 Å². The predicted molar refractivity (Wildman–Crippen MR) is 115 cm³/mol. The highest BCUT2D eigenvalue weighted by molar-refractivity contribution is 7.89. The summed E-state index contributed by atoms with van der Waals surface area (Å²) in [5.41, 5.74) is 0.239. The fraction of sp³-hybridized carbons (Fsp3) is 0.474. The van der Waals surface area contributed by atoms with Crippen LogP contribution in [-0.4, -0.2) is 65.3 Å². The van der Waals surface area contributed by atoms with Crippen LogP contribution in [0.2, 0.25) is 0 Å². The lowest BCUT2D eigenvalue weighted by Crippen LogP contribution is -2.39. The number of rotatable bonds is 5. The highest BCUT2D eigenvalue weighted by Crippen LogP contribution is 2.29. The zero-order valence-corrected chi connectivity index (χ0v) is 19.4. The van der Waals surface area contributed by atoms with Crippen LogP contribution in [0.15, 0.2) is 29.4 Å². The van der Waals surface area contributed by atoms with Gasteiger partial charge >= 0.3 is 6.09 Å². The summed E-state index contributed by atoms with van der Waals surface area (Å²) in [6, 6.07) is 2.93. The molecule has 12 heteroatoms. The Morgan fingerprint density at radius 1 is 1.35 bits per heavy atom. The Balaban J connectivity index is 1.61. The van der Waals surface area contributed by atoms with Crippen molar-refractivity contribution in [2.24, 2.45) is 0 Å². The van der Waals surface area contributed by atoms with Crippen LogP contribution >= 0.6 is 11.3 Å². The van der Waals surface area contributed by atoms with Crippen molar-refractivity contribution < 1.29 is 22.7 Å². The molecular weight excluding hydrogens is 442 g/mol. The van der Waals surface area contributed by atoms with E-state index in [9.17, 15) is 18.0 Å². The van der Waals surface area contributed by atoms with Gasteiger partial charge in [0.2, 0.25) is 15.9 Å². The normalized spacial score (nSPS) is 14.3. The van der Waals surface area contributed by atoms with E-state index < -0.39 is 21.5 Å². The third-order valence-corrected chi connectivity index (χ3v) is 7.12. The molecule has 0 atom stereocenters. The van der Waals surface area contributed by atoms with E-state index in [0.717, 1.165) is 14.9 Å². The van der Waals surface area contributed by atoms with Gasteiger partial charge < -0.3 is 15.0 Å². The van der Waals surface area contributed by atoms with Gasteiger partial charge in [0.15, 0.2) is 5.13 Å². The van der Waals surface area contributed by atoms with Crippen LogP contribution in [0.25, 0.3) is 0 Å². The number of aromatic nitrogens is 2. The lowest BCUT2D eigenvalue weighted by atomic mass is 10.2. The Labute approximate surface area is 185 Å². The Bertz CT molecular complexity index is 1060. The first-order valence-corrected chi connectivity index (χ1v) is 11.8. The molecule has 0 saturated carbocycles. The number of sulfonamides is 1. The molecule has 3 heterocycles. The maximum atomic E-state index is 12.5. The van der Waals surface area contributed by atoms with Gasteiger partial charge in [0.25, 0.3) is 0 Å². The Hall–Kier alpha value is -2.57. The molecule has 10 nitrogen and oxygen atoms in total. The van der Waals surface area contributed by atoms with Crippen LogP contribution in [0.5, 0.6) is 0 Å². The second kappa shape index (κ2) is 8.89. The maximum Gasteiger partial charge on any atom is 0.410 e. The summed E-state index contributed by atoms with van der Waals surface area (Å²) in [5, 5.41) is 3.02. The van der Waals surface area contributed by atoms with E-state index in [1.165, 1.54) is 42.9 Å². The number of hydrogen-bond acceptors (Lipinski definition) is 8. The van der Waals surface area contributed by atoms with Gasteiger partial charge in [-0.2, -0.15) is 4.31 Å². The van der Waals surface area contributed by atoms with E-state index in [4.69, 9.17) is 4.74 Å². The second-order valence-corrected chi connectivity index (χ2v) is 11.2.